The largest absolute Gasteiger partial charge is 0.456 e. The Hall–Kier alpha value is -6.85. The highest BCUT2D eigenvalue weighted by atomic mass is 16.3. The van der Waals surface area contributed by atoms with E-state index >= 15 is 0 Å². The predicted octanol–water partition coefficient (Wildman–Crippen LogP) is 12.2. The molecule has 0 N–H and O–H groups in total. The van der Waals surface area contributed by atoms with E-state index in [0.29, 0.717) is 17.1 Å². The third-order valence-corrected chi connectivity index (χ3v) is 9.88. The van der Waals surface area contributed by atoms with Gasteiger partial charge < -0.3 is 8.83 Å². The normalized spacial score (nSPS) is 12.0. The summed E-state index contributed by atoms with van der Waals surface area (Å²) in [6, 6.07) is 52.6. The number of hydrogen-bond acceptors (Lipinski definition) is 5. The topological polar surface area (TPSA) is 65.0 Å². The van der Waals surface area contributed by atoms with Crippen molar-refractivity contribution >= 4 is 87.5 Å². The molecule has 7 aromatic carbocycles. The zero-order valence-electron chi connectivity index (χ0n) is 26.6. The van der Waals surface area contributed by atoms with Crippen molar-refractivity contribution in [2.24, 2.45) is 0 Å². The van der Waals surface area contributed by atoms with Crippen molar-refractivity contribution in [3.8, 4) is 22.5 Å². The molecule has 4 aromatic heterocycles. The van der Waals surface area contributed by atoms with Crippen molar-refractivity contribution in [3.05, 3.63) is 152 Å². The summed E-state index contributed by atoms with van der Waals surface area (Å²) in [7, 11) is 0. The number of fused-ring (bicyclic) bond motifs is 13. The molecule has 232 valence electrons. The number of hydrogen-bond donors (Lipinski definition) is 0. The van der Waals surface area contributed by atoms with Gasteiger partial charge >= 0.3 is 0 Å². The summed E-state index contributed by atoms with van der Waals surface area (Å²) in [6.45, 7) is 0. The van der Waals surface area contributed by atoms with Gasteiger partial charge in [-0.25, -0.2) is 15.0 Å². The van der Waals surface area contributed by atoms with Crippen LogP contribution in [0.15, 0.2) is 160 Å². The van der Waals surface area contributed by atoms with Crippen LogP contribution in [-0.4, -0.2) is 15.0 Å². The first-order valence-electron chi connectivity index (χ1n) is 16.7. The zero-order chi connectivity index (χ0) is 32.8. The van der Waals surface area contributed by atoms with Crippen molar-refractivity contribution in [3.63, 3.8) is 0 Å². The van der Waals surface area contributed by atoms with Crippen molar-refractivity contribution in [2.75, 3.05) is 0 Å². The van der Waals surface area contributed by atoms with Crippen LogP contribution in [-0.2, 0) is 0 Å². The Morgan fingerprint density at radius 1 is 0.320 bits per heavy atom. The third kappa shape index (κ3) is 4.10. The number of nitrogens with zero attached hydrogens (tertiary/aromatic N) is 3. The minimum atomic E-state index is 0.609. The zero-order valence-corrected chi connectivity index (χ0v) is 26.6. The molecule has 6 bridgehead atoms. The third-order valence-electron chi connectivity index (χ3n) is 9.88. The van der Waals surface area contributed by atoms with Crippen LogP contribution in [0.2, 0.25) is 0 Å². The van der Waals surface area contributed by atoms with Gasteiger partial charge in [-0.15, -0.1) is 0 Å². The van der Waals surface area contributed by atoms with Crippen molar-refractivity contribution in [2.45, 2.75) is 0 Å². The number of benzene rings is 7. The molecular formula is C45H25N3O2. The molecule has 11 rings (SSSR count). The van der Waals surface area contributed by atoms with Gasteiger partial charge in [0.15, 0.2) is 17.1 Å². The van der Waals surface area contributed by atoms with E-state index in [1.54, 1.807) is 0 Å². The Bertz CT molecular complexity index is 3210. The quantitative estimate of drug-likeness (QED) is 0.188. The second-order valence-corrected chi connectivity index (χ2v) is 12.8. The summed E-state index contributed by atoms with van der Waals surface area (Å²) in [5, 5.41) is 10.5. The maximum atomic E-state index is 6.42. The molecule has 0 aliphatic carbocycles. The molecule has 0 aliphatic rings. The summed E-state index contributed by atoms with van der Waals surface area (Å²) < 4.78 is 12.7. The summed E-state index contributed by atoms with van der Waals surface area (Å²) >= 11 is 0. The molecule has 0 atom stereocenters. The van der Waals surface area contributed by atoms with Gasteiger partial charge in [0.25, 0.3) is 0 Å². The summed E-state index contributed by atoms with van der Waals surface area (Å²) in [5.74, 6) is 0.625. The second kappa shape index (κ2) is 10.3. The van der Waals surface area contributed by atoms with Gasteiger partial charge in [0.2, 0.25) is 0 Å². The van der Waals surface area contributed by atoms with Crippen molar-refractivity contribution in [1.82, 2.24) is 15.0 Å². The van der Waals surface area contributed by atoms with E-state index in [1.165, 1.54) is 0 Å². The van der Waals surface area contributed by atoms with Gasteiger partial charge in [-0.05, 0) is 81.2 Å². The highest BCUT2D eigenvalue weighted by Gasteiger charge is 2.15. The highest BCUT2D eigenvalue weighted by Crippen LogP contribution is 2.38. The van der Waals surface area contributed by atoms with Crippen LogP contribution in [0, 0.1) is 0 Å². The Kier molecular flexibility index (Phi) is 5.60. The molecule has 0 fully saturated rings. The first kappa shape index (κ1) is 27.1. The molecule has 5 heteroatoms. The lowest BCUT2D eigenvalue weighted by molar-refractivity contribution is 0.669. The second-order valence-electron chi connectivity index (χ2n) is 12.8. The standard InChI is InChI=1S/C45H25N3O2/c1-2-8-26(9-3-1)43-46-44-31-11-6-10-29(22-31)36-23-27(28-17-20-34-33-12-4-5-14-38(33)50-41(34)25-28)16-19-32(36)30-18-21-39-37(24-30)42-35(45(47-43)48-44)13-7-15-40(42)49-39/h1-25H. The fourth-order valence-corrected chi connectivity index (χ4v) is 7.47. The Balaban J connectivity index is 1.28. The van der Waals surface area contributed by atoms with Gasteiger partial charge in [0.1, 0.15) is 22.3 Å². The number of furan rings is 2. The molecule has 50 heavy (non-hydrogen) atoms. The summed E-state index contributed by atoms with van der Waals surface area (Å²) in [5.41, 5.74) is 7.74. The number of aromatic nitrogens is 3. The van der Waals surface area contributed by atoms with E-state index in [0.717, 1.165) is 92.9 Å². The minimum Gasteiger partial charge on any atom is -0.456 e. The maximum absolute atomic E-state index is 6.42. The van der Waals surface area contributed by atoms with Crippen molar-refractivity contribution < 1.29 is 8.83 Å². The SMILES string of the molecule is c1ccc(-c2nc3nc(n2)c2cccc4oc5ccc(cc5c42)c2ccc(-c4ccc5c(c4)oc4ccccc45)cc2c2cccc3c2)cc1. The molecule has 0 spiro atoms. The maximum Gasteiger partial charge on any atom is 0.164 e. The lowest BCUT2D eigenvalue weighted by Crippen LogP contribution is -1.94. The van der Waals surface area contributed by atoms with E-state index in [9.17, 15) is 0 Å². The Morgan fingerprint density at radius 3 is 1.94 bits per heavy atom. The average Bonchev–Trinajstić information content (AvgIpc) is 3.75. The van der Waals surface area contributed by atoms with Crippen LogP contribution in [0.1, 0.15) is 0 Å². The molecule has 4 heterocycles. The van der Waals surface area contributed by atoms with Crippen LogP contribution in [0.5, 0.6) is 0 Å². The lowest BCUT2D eigenvalue weighted by atomic mass is 9.97. The van der Waals surface area contributed by atoms with Gasteiger partial charge in [0.05, 0.1) is 0 Å². The van der Waals surface area contributed by atoms with Gasteiger partial charge in [-0.3, -0.25) is 0 Å². The molecule has 11 aromatic rings. The molecule has 0 amide bonds. The minimum absolute atomic E-state index is 0.609. The summed E-state index contributed by atoms with van der Waals surface area (Å²) in [4.78, 5) is 15.2. The summed E-state index contributed by atoms with van der Waals surface area (Å²) in [6.07, 6.45) is 0. The first-order valence-corrected chi connectivity index (χ1v) is 16.7. The van der Waals surface area contributed by atoms with Crippen molar-refractivity contribution in [1.29, 1.82) is 0 Å². The number of para-hydroxylation sites is 1. The van der Waals surface area contributed by atoms with E-state index < -0.39 is 0 Å². The van der Waals surface area contributed by atoms with Gasteiger partial charge in [-0.1, -0.05) is 103 Å². The molecule has 0 unspecified atom stereocenters. The Labute approximate surface area is 284 Å². The molecule has 0 radical (unpaired) electrons. The molecule has 0 saturated heterocycles. The van der Waals surface area contributed by atoms with Crippen LogP contribution in [0.4, 0.5) is 0 Å². The molecule has 5 nitrogen and oxygen atoms in total. The van der Waals surface area contributed by atoms with E-state index in [2.05, 4.69) is 97.1 Å². The lowest BCUT2D eigenvalue weighted by Gasteiger charge is -2.07. The van der Waals surface area contributed by atoms with E-state index in [-0.39, 0.29) is 0 Å². The molecule has 0 aliphatic heterocycles. The predicted molar refractivity (Wildman–Crippen MR) is 204 cm³/mol. The number of rotatable bonds is 2. The van der Waals surface area contributed by atoms with Gasteiger partial charge in [0, 0.05) is 37.9 Å². The molecule has 0 saturated carbocycles. The smallest absolute Gasteiger partial charge is 0.164 e. The fourth-order valence-electron chi connectivity index (χ4n) is 7.47. The van der Waals surface area contributed by atoms with Crippen LogP contribution in [0.3, 0.4) is 0 Å². The van der Waals surface area contributed by atoms with Crippen LogP contribution >= 0.6 is 0 Å². The molecular weight excluding hydrogens is 615 g/mol. The Morgan fingerprint density at radius 2 is 1.00 bits per heavy atom. The fraction of sp³-hybridized carbons (Fsp3) is 0. The van der Waals surface area contributed by atoms with Crippen LogP contribution < -0.4 is 0 Å². The monoisotopic (exact) mass is 639 g/mol. The van der Waals surface area contributed by atoms with E-state index in [4.69, 9.17) is 23.8 Å². The van der Waals surface area contributed by atoms with Crippen LogP contribution in [0.25, 0.3) is 110 Å². The first-order chi connectivity index (χ1) is 24.7. The van der Waals surface area contributed by atoms with Gasteiger partial charge in [-0.2, -0.15) is 0 Å². The average molecular weight is 640 g/mol. The highest BCUT2D eigenvalue weighted by molar-refractivity contribution is 6.20. The van der Waals surface area contributed by atoms with E-state index in [1.807, 2.05) is 54.6 Å².